The number of nitrogen functional groups attached to an aromatic ring is 1. The third-order valence-corrected chi connectivity index (χ3v) is 16.1. The summed E-state index contributed by atoms with van der Waals surface area (Å²) < 4.78 is 7.51. The molecule has 7 aromatic rings. The van der Waals surface area contributed by atoms with Crippen molar-refractivity contribution in [1.29, 1.82) is 0 Å². The van der Waals surface area contributed by atoms with Gasteiger partial charge in [-0.2, -0.15) is 10.2 Å². The second-order valence-corrected chi connectivity index (χ2v) is 21.2. The second-order valence-electron chi connectivity index (χ2n) is 20.2. The molecule has 2 saturated heterocycles. The third kappa shape index (κ3) is 10.5. The molecule has 0 unspecified atom stereocenters. The highest BCUT2D eigenvalue weighted by atomic mass is 32.1. The van der Waals surface area contributed by atoms with Crippen molar-refractivity contribution in [1.82, 2.24) is 54.9 Å². The van der Waals surface area contributed by atoms with Gasteiger partial charge in [-0.15, -0.1) is 11.3 Å². The molecule has 0 spiro atoms. The Morgan fingerprint density at radius 1 is 0.890 bits per heavy atom. The molecule has 4 amide bonds. The molecule has 0 radical (unpaired) electrons. The number of fused-ring (bicyclic) bond motifs is 3. The summed E-state index contributed by atoms with van der Waals surface area (Å²) in [6.45, 7) is 10.3. The quantitative estimate of drug-likeness (QED) is 0.0764. The molecule has 0 aliphatic carbocycles. The van der Waals surface area contributed by atoms with E-state index in [-0.39, 0.29) is 35.8 Å². The average Bonchev–Trinajstić information content (AvgIpc) is 4.19. The maximum Gasteiger partial charge on any atom is 0.314 e. The number of pyridine rings is 2. The second kappa shape index (κ2) is 21.0. The van der Waals surface area contributed by atoms with Crippen molar-refractivity contribution in [2.45, 2.75) is 77.4 Å². The van der Waals surface area contributed by atoms with Gasteiger partial charge in [0.25, 0.3) is 0 Å². The van der Waals surface area contributed by atoms with Crippen molar-refractivity contribution < 1.29 is 23.9 Å². The number of rotatable bonds is 12. The number of aromatic nitrogens is 7. The van der Waals surface area contributed by atoms with Gasteiger partial charge in [0, 0.05) is 43.8 Å². The zero-order chi connectivity index (χ0) is 50.9. The highest BCUT2D eigenvalue weighted by Crippen LogP contribution is 2.40. The number of ether oxygens (including phenoxy) is 1. The minimum Gasteiger partial charge on any atom is -0.492 e. The fourth-order valence-electron chi connectivity index (χ4n) is 10.6. The summed E-state index contributed by atoms with van der Waals surface area (Å²) in [6, 6.07) is 13.5. The SMILES string of the molecule is CC1=C(c2nc3cc([C@H]4CC[C@H](CCN(C)[C@@H](C)COc5cccc([C@H]6CC[C@H](C)CN6C(=O)C(=O)Nc6cnc(N)c7cn[nH]c67)c5)CN4C(=O)C(=O)Nc4cncc5cn[nH]c45)ccc3s2)CCN(C)C1. The Balaban J connectivity index is 0.786. The lowest BCUT2D eigenvalue weighted by Crippen LogP contribution is -2.47. The van der Waals surface area contributed by atoms with Crippen molar-refractivity contribution >= 4 is 89.8 Å². The molecule has 20 heteroatoms. The summed E-state index contributed by atoms with van der Waals surface area (Å²) in [7, 11) is 4.22. The van der Waals surface area contributed by atoms with Crippen LogP contribution in [-0.4, -0.2) is 138 Å². The summed E-state index contributed by atoms with van der Waals surface area (Å²) in [5.41, 5.74) is 13.2. The molecule has 8 heterocycles. The van der Waals surface area contributed by atoms with Crippen LogP contribution in [0.2, 0.25) is 0 Å². The van der Waals surface area contributed by atoms with E-state index < -0.39 is 23.6 Å². The molecule has 6 N–H and O–H groups in total. The summed E-state index contributed by atoms with van der Waals surface area (Å²) in [5, 5.41) is 21.7. The molecule has 10 rings (SSSR count). The first kappa shape index (κ1) is 49.3. The van der Waals surface area contributed by atoms with Gasteiger partial charge in [-0.05, 0) is 126 Å². The van der Waals surface area contributed by atoms with Gasteiger partial charge in [-0.25, -0.2) is 9.97 Å². The van der Waals surface area contributed by atoms with Gasteiger partial charge < -0.3 is 40.7 Å². The number of likely N-dealkylation sites (tertiary alicyclic amines) is 2. The van der Waals surface area contributed by atoms with Gasteiger partial charge in [-0.1, -0.05) is 30.7 Å². The van der Waals surface area contributed by atoms with Crippen LogP contribution in [0.4, 0.5) is 17.2 Å². The number of hydrogen-bond acceptors (Lipinski definition) is 14. The zero-order valence-corrected chi connectivity index (χ0v) is 42.7. The number of nitrogens with two attached hydrogens (primary N) is 1. The van der Waals surface area contributed by atoms with Gasteiger partial charge in [-0.3, -0.25) is 34.4 Å². The molecule has 73 heavy (non-hydrogen) atoms. The molecule has 5 aromatic heterocycles. The zero-order valence-electron chi connectivity index (χ0n) is 41.9. The van der Waals surface area contributed by atoms with Crippen LogP contribution in [0, 0.1) is 11.8 Å². The first-order chi connectivity index (χ1) is 35.3. The Kier molecular flexibility index (Phi) is 14.2. The van der Waals surface area contributed by atoms with E-state index in [0.717, 1.165) is 77.1 Å². The van der Waals surface area contributed by atoms with Gasteiger partial charge in [0.2, 0.25) is 0 Å². The number of carbonyl (C=O) groups is 4. The van der Waals surface area contributed by atoms with E-state index in [4.69, 9.17) is 15.5 Å². The van der Waals surface area contributed by atoms with Crippen molar-refractivity contribution in [3.8, 4) is 5.75 Å². The number of anilines is 3. The van der Waals surface area contributed by atoms with Crippen LogP contribution >= 0.6 is 11.3 Å². The van der Waals surface area contributed by atoms with Crippen LogP contribution in [0.25, 0.3) is 37.6 Å². The van der Waals surface area contributed by atoms with E-state index in [1.165, 1.54) is 29.7 Å². The molecule has 2 aromatic carbocycles. The molecule has 0 bridgehead atoms. The molecule has 0 saturated carbocycles. The molecule has 3 aliphatic heterocycles. The number of nitrogens with one attached hydrogen (secondary N) is 4. The Hall–Kier alpha value is -7.29. The van der Waals surface area contributed by atoms with Gasteiger partial charge in [0.1, 0.15) is 23.2 Å². The van der Waals surface area contributed by atoms with E-state index in [1.54, 1.807) is 33.5 Å². The highest BCUT2D eigenvalue weighted by molar-refractivity contribution is 7.19. The first-order valence-electron chi connectivity index (χ1n) is 25.1. The van der Waals surface area contributed by atoms with Crippen molar-refractivity contribution in [3.05, 3.63) is 95.2 Å². The molecule has 5 atom stereocenters. The number of piperidine rings is 2. The van der Waals surface area contributed by atoms with Crippen LogP contribution in [0.1, 0.15) is 87.5 Å². The van der Waals surface area contributed by atoms with E-state index in [9.17, 15) is 19.2 Å². The lowest BCUT2D eigenvalue weighted by atomic mass is 9.86. The normalized spacial score (nSPS) is 20.2. The Morgan fingerprint density at radius 2 is 1.62 bits per heavy atom. The number of carbonyl (C=O) groups excluding carboxylic acids is 4. The molecule has 3 aliphatic rings. The van der Waals surface area contributed by atoms with Crippen LogP contribution in [0.5, 0.6) is 5.75 Å². The molecule has 2 fully saturated rings. The van der Waals surface area contributed by atoms with E-state index >= 15 is 0 Å². The third-order valence-electron chi connectivity index (χ3n) is 15.0. The van der Waals surface area contributed by atoms with Crippen LogP contribution in [0.3, 0.4) is 0 Å². The first-order valence-corrected chi connectivity index (χ1v) is 25.9. The minimum absolute atomic E-state index is 0.0348. The molecular formula is C53H62N14O5S. The van der Waals surface area contributed by atoms with Crippen LogP contribution < -0.4 is 21.1 Å². The average molecular weight is 1010 g/mol. The van der Waals surface area contributed by atoms with Crippen molar-refractivity contribution in [2.75, 3.05) is 69.8 Å². The summed E-state index contributed by atoms with van der Waals surface area (Å²) >= 11 is 1.71. The number of benzene rings is 2. The topological polar surface area (TPSA) is 237 Å². The Morgan fingerprint density at radius 3 is 2.41 bits per heavy atom. The summed E-state index contributed by atoms with van der Waals surface area (Å²) in [5.74, 6) is -1.41. The minimum atomic E-state index is -0.764. The maximum atomic E-state index is 14.4. The summed E-state index contributed by atoms with van der Waals surface area (Å²) in [6.07, 6.45) is 12.7. The van der Waals surface area contributed by atoms with Crippen molar-refractivity contribution in [2.24, 2.45) is 11.8 Å². The number of amides is 4. The fourth-order valence-corrected chi connectivity index (χ4v) is 11.7. The molecule has 380 valence electrons. The standard InChI is InChI=1S/C53H62N14O5S/c1-30-9-12-43(66(26-30)52(70)49(68)60-42-25-56-48(54)39-23-58-63-47(39)42)34-7-6-8-37(19-34)72-29-32(3)65(5)18-15-33-10-13-44(67(28-33)53(71)50(69)59-41-24-55-21-36-22-57-62-46(36)41)35-11-14-45-40(20-35)61-51(73-45)38-16-17-64(4)27-31(38)2/h6-8,11,14,19-25,30,32-33,43-44H,9-10,12-13,15-18,26-29H2,1-5H3,(H2,54,56)(H,57,62)(H,58,63)(H,59,69)(H,60,68)/t30-,32-,33+,43+,44+/m0/s1. The number of likely N-dealkylation sites (N-methyl/N-ethyl adjacent to an activating group) is 2. The number of hydrogen-bond donors (Lipinski definition) is 5. The number of aromatic amines is 2. The molecular weight excluding hydrogens is 945 g/mol. The van der Waals surface area contributed by atoms with Gasteiger partial charge in [0.15, 0.2) is 0 Å². The lowest BCUT2D eigenvalue weighted by Gasteiger charge is -2.40. The molecule has 19 nitrogen and oxygen atoms in total. The largest absolute Gasteiger partial charge is 0.492 e. The van der Waals surface area contributed by atoms with E-state index in [2.05, 4.69) is 104 Å². The maximum absolute atomic E-state index is 14.4. The lowest BCUT2D eigenvalue weighted by molar-refractivity contribution is -0.146. The monoisotopic (exact) mass is 1010 g/mol. The number of H-pyrrole nitrogens is 2. The predicted molar refractivity (Wildman–Crippen MR) is 282 cm³/mol. The van der Waals surface area contributed by atoms with Crippen molar-refractivity contribution in [3.63, 3.8) is 0 Å². The van der Waals surface area contributed by atoms with E-state index in [0.29, 0.717) is 66.1 Å². The highest BCUT2D eigenvalue weighted by Gasteiger charge is 2.37. The van der Waals surface area contributed by atoms with Gasteiger partial charge >= 0.3 is 23.6 Å². The van der Waals surface area contributed by atoms with E-state index in [1.807, 2.05) is 24.3 Å². The van der Waals surface area contributed by atoms with Gasteiger partial charge in [0.05, 0.1) is 74.9 Å². The number of thiazole rings is 1. The predicted octanol–water partition coefficient (Wildman–Crippen LogP) is 7.18. The number of nitrogens with zero attached hydrogens (tertiary/aromatic N) is 9. The van der Waals surface area contributed by atoms with Crippen LogP contribution in [-0.2, 0) is 19.2 Å². The fraction of sp³-hybridized carbons (Fsp3) is 0.415. The Bertz CT molecular complexity index is 3240. The Labute approximate surface area is 426 Å². The van der Waals surface area contributed by atoms with Crippen LogP contribution in [0.15, 0.2) is 79.0 Å². The smallest absolute Gasteiger partial charge is 0.314 e. The summed E-state index contributed by atoms with van der Waals surface area (Å²) in [4.78, 5) is 77.2.